The third kappa shape index (κ3) is 3.68. The summed E-state index contributed by atoms with van der Waals surface area (Å²) in [6, 6.07) is 7.67. The number of carbonyl (C=O) groups is 1. The Labute approximate surface area is 152 Å². The first-order chi connectivity index (χ1) is 11.8. The van der Waals surface area contributed by atoms with Crippen molar-refractivity contribution in [2.75, 3.05) is 5.32 Å². The second-order valence-corrected chi connectivity index (χ2v) is 8.16. The molecule has 0 spiro atoms. The highest BCUT2D eigenvalue weighted by molar-refractivity contribution is 7.98. The van der Waals surface area contributed by atoms with Crippen molar-refractivity contribution < 1.29 is 4.79 Å². The molecule has 2 heterocycles. The van der Waals surface area contributed by atoms with Crippen LogP contribution in [0.4, 0.5) is 5.13 Å². The number of carbonyl (C=O) groups excluding carboxylic acids is 1. The van der Waals surface area contributed by atoms with Crippen LogP contribution in [0.3, 0.4) is 0 Å². The maximum absolute atomic E-state index is 12.6. The van der Waals surface area contributed by atoms with Crippen molar-refractivity contribution in [3.05, 3.63) is 57.5 Å². The van der Waals surface area contributed by atoms with Gasteiger partial charge in [-0.1, -0.05) is 12.1 Å². The number of thiazole rings is 2. The summed E-state index contributed by atoms with van der Waals surface area (Å²) in [7, 11) is 0. The largest absolute Gasteiger partial charge is 0.298 e. The Kier molecular flexibility index (Phi) is 4.64. The second kappa shape index (κ2) is 7.04. The molecule has 1 N–H and O–H groups in total. The predicted molar refractivity (Wildman–Crippen MR) is 100 cm³/mol. The van der Waals surface area contributed by atoms with E-state index in [1.165, 1.54) is 24.2 Å². The summed E-state index contributed by atoms with van der Waals surface area (Å²) in [4.78, 5) is 22.4. The monoisotopic (exact) mass is 373 g/mol. The number of aromatic nitrogens is 2. The minimum atomic E-state index is -0.104. The molecule has 1 aromatic carbocycles. The molecule has 0 saturated heterocycles. The van der Waals surface area contributed by atoms with E-state index >= 15 is 0 Å². The van der Waals surface area contributed by atoms with Gasteiger partial charge in [0.2, 0.25) is 0 Å². The number of thioether (sulfide) groups is 1. The SMILES string of the molecule is O=C(Nc1nc(C2CC2)cs1)c1ccccc1SCc1cscn1. The summed E-state index contributed by atoms with van der Waals surface area (Å²) in [5, 5.41) is 7.70. The van der Waals surface area contributed by atoms with Crippen LogP contribution in [0.1, 0.15) is 40.5 Å². The summed E-state index contributed by atoms with van der Waals surface area (Å²) in [5.41, 5.74) is 4.66. The van der Waals surface area contributed by atoms with Crippen LogP contribution in [0.25, 0.3) is 0 Å². The van der Waals surface area contributed by atoms with Gasteiger partial charge in [-0.2, -0.15) is 0 Å². The average molecular weight is 374 g/mol. The van der Waals surface area contributed by atoms with Crippen LogP contribution < -0.4 is 5.32 Å². The number of anilines is 1. The number of rotatable bonds is 6. The van der Waals surface area contributed by atoms with Gasteiger partial charge in [-0.15, -0.1) is 34.4 Å². The lowest BCUT2D eigenvalue weighted by Crippen LogP contribution is -2.12. The Morgan fingerprint density at radius 3 is 2.96 bits per heavy atom. The van der Waals surface area contributed by atoms with E-state index in [2.05, 4.69) is 20.7 Å². The van der Waals surface area contributed by atoms with Crippen LogP contribution in [0.2, 0.25) is 0 Å². The topological polar surface area (TPSA) is 54.9 Å². The van der Waals surface area contributed by atoms with E-state index in [9.17, 15) is 4.79 Å². The minimum Gasteiger partial charge on any atom is -0.298 e. The lowest BCUT2D eigenvalue weighted by atomic mass is 10.2. The standard InChI is InChI=1S/C17H15N3OS3/c21-16(20-17-19-14(9-24-17)11-5-6-11)13-3-1-2-4-15(13)23-8-12-7-22-10-18-12/h1-4,7,9-11H,5-6,8H2,(H,19,20,21). The number of amides is 1. The van der Waals surface area contributed by atoms with Gasteiger partial charge in [0.15, 0.2) is 5.13 Å². The molecule has 0 unspecified atom stereocenters. The smallest absolute Gasteiger partial charge is 0.258 e. The molecule has 4 nitrogen and oxygen atoms in total. The molecule has 1 aliphatic rings. The lowest BCUT2D eigenvalue weighted by Gasteiger charge is -2.08. The molecule has 4 rings (SSSR count). The Morgan fingerprint density at radius 1 is 1.29 bits per heavy atom. The first kappa shape index (κ1) is 15.8. The maximum Gasteiger partial charge on any atom is 0.258 e. The van der Waals surface area contributed by atoms with Crippen LogP contribution in [-0.4, -0.2) is 15.9 Å². The van der Waals surface area contributed by atoms with E-state index < -0.39 is 0 Å². The Hall–Kier alpha value is -1.70. The summed E-state index contributed by atoms with van der Waals surface area (Å²) >= 11 is 4.72. The van der Waals surface area contributed by atoms with E-state index in [1.54, 1.807) is 23.1 Å². The number of hydrogen-bond acceptors (Lipinski definition) is 6. The Balaban J connectivity index is 1.46. The van der Waals surface area contributed by atoms with Crippen LogP contribution in [0.5, 0.6) is 0 Å². The zero-order valence-corrected chi connectivity index (χ0v) is 15.2. The van der Waals surface area contributed by atoms with E-state index in [0.29, 0.717) is 16.6 Å². The van der Waals surface area contributed by atoms with Crippen molar-refractivity contribution in [1.29, 1.82) is 0 Å². The molecular formula is C17H15N3OS3. The highest BCUT2D eigenvalue weighted by Gasteiger charge is 2.26. The Morgan fingerprint density at radius 2 is 2.17 bits per heavy atom. The van der Waals surface area contributed by atoms with Crippen LogP contribution in [0, 0.1) is 0 Å². The third-order valence-corrected chi connectivity index (χ3v) is 6.25. The van der Waals surface area contributed by atoms with Crippen LogP contribution in [0.15, 0.2) is 45.4 Å². The van der Waals surface area contributed by atoms with Gasteiger partial charge in [-0.3, -0.25) is 10.1 Å². The molecule has 1 fully saturated rings. The Bertz CT molecular complexity index is 840. The normalized spacial score (nSPS) is 13.8. The van der Waals surface area contributed by atoms with Crippen LogP contribution in [-0.2, 0) is 5.75 Å². The lowest BCUT2D eigenvalue weighted by molar-refractivity contribution is 0.102. The van der Waals surface area contributed by atoms with Crippen LogP contribution >= 0.6 is 34.4 Å². The first-order valence-corrected chi connectivity index (χ1v) is 10.5. The molecule has 1 amide bonds. The quantitative estimate of drug-likeness (QED) is 0.616. The molecule has 1 saturated carbocycles. The zero-order valence-electron chi connectivity index (χ0n) is 12.8. The highest BCUT2D eigenvalue weighted by atomic mass is 32.2. The van der Waals surface area contributed by atoms with Crippen molar-refractivity contribution in [3.8, 4) is 0 Å². The fourth-order valence-corrected chi connectivity index (χ4v) is 4.72. The van der Waals surface area contributed by atoms with E-state index in [-0.39, 0.29) is 5.91 Å². The van der Waals surface area contributed by atoms with Gasteiger partial charge in [-0.05, 0) is 25.0 Å². The van der Waals surface area contributed by atoms with Gasteiger partial charge in [0, 0.05) is 27.3 Å². The third-order valence-electron chi connectivity index (χ3n) is 3.73. The summed E-state index contributed by atoms with van der Waals surface area (Å²) < 4.78 is 0. The van der Waals surface area contributed by atoms with Gasteiger partial charge in [0.25, 0.3) is 5.91 Å². The first-order valence-electron chi connectivity index (χ1n) is 7.65. The van der Waals surface area contributed by atoms with Crippen molar-refractivity contribution in [3.63, 3.8) is 0 Å². The van der Waals surface area contributed by atoms with E-state index in [4.69, 9.17) is 0 Å². The predicted octanol–water partition coefficient (Wildman–Crippen LogP) is 5.02. The van der Waals surface area contributed by atoms with Gasteiger partial charge in [0.1, 0.15) is 0 Å². The zero-order chi connectivity index (χ0) is 16.4. The summed E-state index contributed by atoms with van der Waals surface area (Å²) in [6.45, 7) is 0. The molecule has 7 heteroatoms. The van der Waals surface area contributed by atoms with Crippen molar-refractivity contribution in [2.24, 2.45) is 0 Å². The molecule has 0 atom stereocenters. The molecular weight excluding hydrogens is 358 g/mol. The second-order valence-electron chi connectivity index (χ2n) is 5.57. The van der Waals surface area contributed by atoms with Gasteiger partial charge >= 0.3 is 0 Å². The van der Waals surface area contributed by atoms with E-state index in [1.807, 2.05) is 35.2 Å². The average Bonchev–Trinajstić information content (AvgIpc) is 3.12. The molecule has 122 valence electrons. The van der Waals surface area contributed by atoms with Gasteiger partial charge in [0.05, 0.1) is 22.5 Å². The van der Waals surface area contributed by atoms with Crippen molar-refractivity contribution in [2.45, 2.75) is 29.4 Å². The molecule has 24 heavy (non-hydrogen) atoms. The molecule has 0 radical (unpaired) electrons. The molecule has 0 aliphatic heterocycles. The highest BCUT2D eigenvalue weighted by Crippen LogP contribution is 2.41. The summed E-state index contributed by atoms with van der Waals surface area (Å²) in [6.07, 6.45) is 2.43. The number of nitrogens with zero attached hydrogens (tertiary/aromatic N) is 2. The number of hydrogen-bond donors (Lipinski definition) is 1. The maximum atomic E-state index is 12.6. The van der Waals surface area contributed by atoms with Crippen molar-refractivity contribution in [1.82, 2.24) is 9.97 Å². The van der Waals surface area contributed by atoms with Gasteiger partial charge in [-0.25, -0.2) is 9.97 Å². The molecule has 3 aromatic rings. The fraction of sp³-hybridized carbons (Fsp3) is 0.235. The van der Waals surface area contributed by atoms with E-state index in [0.717, 1.165) is 22.0 Å². The number of nitrogens with one attached hydrogen (secondary N) is 1. The summed E-state index contributed by atoms with van der Waals surface area (Å²) in [5.74, 6) is 1.26. The fourth-order valence-electron chi connectivity index (χ4n) is 2.32. The van der Waals surface area contributed by atoms with Gasteiger partial charge < -0.3 is 0 Å². The number of benzene rings is 1. The molecule has 1 aliphatic carbocycles. The molecule has 0 bridgehead atoms. The minimum absolute atomic E-state index is 0.104. The van der Waals surface area contributed by atoms with Crippen molar-refractivity contribution >= 4 is 45.5 Å². The molecule has 2 aromatic heterocycles.